The van der Waals surface area contributed by atoms with Crippen LogP contribution in [0, 0.1) is 5.92 Å². The molecule has 3 rings (SSSR count). The van der Waals surface area contributed by atoms with Crippen molar-refractivity contribution >= 4 is 5.69 Å². The van der Waals surface area contributed by atoms with Crippen LogP contribution < -0.4 is 10.2 Å². The van der Waals surface area contributed by atoms with Gasteiger partial charge in [0.1, 0.15) is 0 Å². The zero-order chi connectivity index (χ0) is 13.9. The fourth-order valence-electron chi connectivity index (χ4n) is 3.22. The maximum atomic E-state index is 3.59. The summed E-state index contributed by atoms with van der Waals surface area (Å²) in [4.78, 5) is 2.60. The van der Waals surface area contributed by atoms with Crippen LogP contribution in [0.1, 0.15) is 56.7 Å². The van der Waals surface area contributed by atoms with Gasteiger partial charge in [-0.05, 0) is 55.8 Å². The summed E-state index contributed by atoms with van der Waals surface area (Å²) in [6, 6.07) is 7.58. The molecule has 20 heavy (non-hydrogen) atoms. The van der Waals surface area contributed by atoms with Gasteiger partial charge < -0.3 is 10.2 Å². The Morgan fingerprint density at radius 2 is 2.20 bits per heavy atom. The molecular weight excluding hydrogens is 244 g/mol. The molecule has 1 saturated carbocycles. The van der Waals surface area contributed by atoms with E-state index in [1.165, 1.54) is 56.4 Å². The summed E-state index contributed by atoms with van der Waals surface area (Å²) in [6.45, 7) is 8.09. The quantitative estimate of drug-likeness (QED) is 0.809. The lowest BCUT2D eigenvalue weighted by atomic mass is 10.0. The number of rotatable bonds is 7. The Kier molecular flexibility index (Phi) is 4.30. The lowest BCUT2D eigenvalue weighted by Crippen LogP contribution is -2.22. The summed E-state index contributed by atoms with van der Waals surface area (Å²) >= 11 is 0. The minimum absolute atomic E-state index is 0.473. The first-order chi connectivity index (χ1) is 9.78. The molecule has 1 fully saturated rings. The molecule has 2 nitrogen and oxygen atoms in total. The molecule has 1 heterocycles. The normalized spacial score (nSPS) is 19.2. The van der Waals surface area contributed by atoms with E-state index in [2.05, 4.69) is 42.3 Å². The van der Waals surface area contributed by atoms with Crippen LogP contribution in [0.5, 0.6) is 0 Å². The number of hydrogen-bond donors (Lipinski definition) is 1. The van der Waals surface area contributed by atoms with Gasteiger partial charge in [0, 0.05) is 24.8 Å². The highest BCUT2D eigenvalue weighted by Gasteiger charge is 2.25. The molecule has 0 saturated heterocycles. The second-order valence-electron chi connectivity index (χ2n) is 6.53. The van der Waals surface area contributed by atoms with Crippen LogP contribution in [0.15, 0.2) is 18.2 Å². The van der Waals surface area contributed by atoms with Crippen molar-refractivity contribution in [2.45, 2.75) is 52.0 Å². The smallest absolute Gasteiger partial charge is 0.0399 e. The molecule has 0 bridgehead atoms. The van der Waals surface area contributed by atoms with Crippen LogP contribution in [0.25, 0.3) is 0 Å². The lowest BCUT2D eigenvalue weighted by molar-refractivity contribution is 0.570. The van der Waals surface area contributed by atoms with Crippen LogP contribution in [0.4, 0.5) is 5.69 Å². The zero-order valence-electron chi connectivity index (χ0n) is 13.0. The van der Waals surface area contributed by atoms with Crippen LogP contribution >= 0.6 is 0 Å². The van der Waals surface area contributed by atoms with E-state index in [9.17, 15) is 0 Å². The van der Waals surface area contributed by atoms with Gasteiger partial charge in [-0.25, -0.2) is 0 Å². The second-order valence-corrected chi connectivity index (χ2v) is 6.53. The van der Waals surface area contributed by atoms with E-state index < -0.39 is 0 Å². The van der Waals surface area contributed by atoms with Crippen molar-refractivity contribution in [3.63, 3.8) is 0 Å². The fourth-order valence-corrected chi connectivity index (χ4v) is 3.22. The van der Waals surface area contributed by atoms with E-state index in [4.69, 9.17) is 0 Å². The summed E-state index contributed by atoms with van der Waals surface area (Å²) in [6.07, 6.45) is 6.77. The van der Waals surface area contributed by atoms with E-state index >= 15 is 0 Å². The highest BCUT2D eigenvalue weighted by atomic mass is 15.1. The summed E-state index contributed by atoms with van der Waals surface area (Å²) in [5, 5.41) is 3.59. The molecule has 2 aliphatic rings. The van der Waals surface area contributed by atoms with Crippen molar-refractivity contribution < 1.29 is 0 Å². The molecule has 0 spiro atoms. The molecule has 0 amide bonds. The molecule has 1 N–H and O–H groups in total. The highest BCUT2D eigenvalue weighted by molar-refractivity contribution is 5.59. The zero-order valence-corrected chi connectivity index (χ0v) is 13.0. The maximum absolute atomic E-state index is 3.59. The van der Waals surface area contributed by atoms with E-state index in [0.29, 0.717) is 6.04 Å². The molecule has 1 aromatic rings. The third-order valence-corrected chi connectivity index (χ3v) is 4.80. The molecule has 2 heteroatoms. The molecule has 1 aliphatic heterocycles. The van der Waals surface area contributed by atoms with Crippen LogP contribution in [0.2, 0.25) is 0 Å². The number of hydrogen-bond acceptors (Lipinski definition) is 2. The van der Waals surface area contributed by atoms with Gasteiger partial charge in [0.05, 0.1) is 0 Å². The molecule has 0 radical (unpaired) electrons. The van der Waals surface area contributed by atoms with Crippen molar-refractivity contribution in [2.24, 2.45) is 5.92 Å². The average Bonchev–Trinajstić information content (AvgIpc) is 3.22. The number of fused-ring (bicyclic) bond motifs is 1. The van der Waals surface area contributed by atoms with Gasteiger partial charge in [-0.1, -0.05) is 31.9 Å². The topological polar surface area (TPSA) is 15.3 Å². The van der Waals surface area contributed by atoms with Gasteiger partial charge >= 0.3 is 0 Å². The predicted octanol–water partition coefficient (Wildman–Crippen LogP) is 3.91. The van der Waals surface area contributed by atoms with Gasteiger partial charge in [0.15, 0.2) is 0 Å². The Morgan fingerprint density at radius 3 is 2.95 bits per heavy atom. The summed E-state index contributed by atoms with van der Waals surface area (Å²) in [5.41, 5.74) is 4.50. The number of nitrogens with one attached hydrogen (secondary N) is 1. The van der Waals surface area contributed by atoms with E-state index in [-0.39, 0.29) is 0 Å². The van der Waals surface area contributed by atoms with Crippen LogP contribution in [0.3, 0.4) is 0 Å². The third-order valence-electron chi connectivity index (χ3n) is 4.80. The number of benzene rings is 1. The minimum atomic E-state index is 0.473. The standard InChI is InChI=1S/C18H28N2/c1-3-10-19-14(2)16-6-7-18-17(13-16)9-12-20(18)11-8-15-4-5-15/h6-7,13-15,19H,3-5,8-12H2,1-2H3. The first-order valence-electron chi connectivity index (χ1n) is 8.39. The van der Waals surface area contributed by atoms with Gasteiger partial charge in [0.25, 0.3) is 0 Å². The first kappa shape index (κ1) is 13.9. The Bertz CT molecular complexity index is 451. The predicted molar refractivity (Wildman–Crippen MR) is 86.4 cm³/mol. The Balaban J connectivity index is 1.64. The minimum Gasteiger partial charge on any atom is -0.371 e. The monoisotopic (exact) mass is 272 g/mol. The van der Waals surface area contributed by atoms with Crippen molar-refractivity contribution in [3.05, 3.63) is 29.3 Å². The second kappa shape index (κ2) is 6.17. The molecule has 1 atom stereocenters. The highest BCUT2D eigenvalue weighted by Crippen LogP contribution is 2.35. The molecule has 110 valence electrons. The Labute approximate surface area is 123 Å². The SMILES string of the molecule is CCCNC(C)c1ccc2c(c1)CCN2CCC1CC1. The van der Waals surface area contributed by atoms with Crippen molar-refractivity contribution in [1.82, 2.24) is 5.32 Å². The molecule has 1 unspecified atom stereocenters. The lowest BCUT2D eigenvalue weighted by Gasteiger charge is -2.20. The molecular formula is C18H28N2. The van der Waals surface area contributed by atoms with Gasteiger partial charge in [-0.3, -0.25) is 0 Å². The average molecular weight is 272 g/mol. The Morgan fingerprint density at radius 1 is 1.35 bits per heavy atom. The van der Waals surface area contributed by atoms with E-state index in [0.717, 1.165) is 12.5 Å². The van der Waals surface area contributed by atoms with Gasteiger partial charge in [-0.15, -0.1) is 0 Å². The van der Waals surface area contributed by atoms with E-state index in [1.807, 2.05) is 0 Å². The molecule has 1 aliphatic carbocycles. The number of nitrogens with zero attached hydrogens (tertiary/aromatic N) is 1. The largest absolute Gasteiger partial charge is 0.371 e. The summed E-state index contributed by atoms with van der Waals surface area (Å²) in [5.74, 6) is 1.04. The number of anilines is 1. The van der Waals surface area contributed by atoms with Crippen molar-refractivity contribution in [1.29, 1.82) is 0 Å². The summed E-state index contributed by atoms with van der Waals surface area (Å²) < 4.78 is 0. The summed E-state index contributed by atoms with van der Waals surface area (Å²) in [7, 11) is 0. The van der Waals surface area contributed by atoms with Crippen molar-refractivity contribution in [3.8, 4) is 0 Å². The van der Waals surface area contributed by atoms with E-state index in [1.54, 1.807) is 5.56 Å². The third kappa shape index (κ3) is 3.17. The first-order valence-corrected chi connectivity index (χ1v) is 8.39. The van der Waals surface area contributed by atoms with Crippen LogP contribution in [-0.4, -0.2) is 19.6 Å². The maximum Gasteiger partial charge on any atom is 0.0399 e. The molecule has 0 aromatic heterocycles. The van der Waals surface area contributed by atoms with Crippen LogP contribution in [-0.2, 0) is 6.42 Å². The fraction of sp³-hybridized carbons (Fsp3) is 0.667. The Hall–Kier alpha value is -1.02. The molecule has 1 aromatic carbocycles. The van der Waals surface area contributed by atoms with Gasteiger partial charge in [-0.2, -0.15) is 0 Å². The van der Waals surface area contributed by atoms with Crippen molar-refractivity contribution in [2.75, 3.05) is 24.5 Å². The van der Waals surface area contributed by atoms with Gasteiger partial charge in [0.2, 0.25) is 0 Å².